The number of carbonyl (C=O) groups is 1. The van der Waals surface area contributed by atoms with Gasteiger partial charge in [-0.25, -0.2) is 0 Å². The van der Waals surface area contributed by atoms with Gasteiger partial charge in [-0.2, -0.15) is 0 Å². The zero-order valence-electron chi connectivity index (χ0n) is 10.5. The summed E-state index contributed by atoms with van der Waals surface area (Å²) in [6, 6.07) is 1.67. The van der Waals surface area contributed by atoms with Crippen LogP contribution in [0.3, 0.4) is 0 Å². The van der Waals surface area contributed by atoms with Crippen LogP contribution in [0, 0.1) is 10.1 Å². The number of amides is 1. The lowest BCUT2D eigenvalue weighted by atomic mass is 10.1. The minimum absolute atomic E-state index is 0. The molecule has 1 saturated heterocycles. The Balaban J connectivity index is 0.00000180. The first-order chi connectivity index (χ1) is 8.61. The second-order valence-electron chi connectivity index (χ2n) is 4.31. The van der Waals surface area contributed by atoms with Crippen molar-refractivity contribution in [1.82, 2.24) is 10.2 Å². The molecule has 1 atom stereocenters. The molecule has 2 heterocycles. The van der Waals surface area contributed by atoms with Gasteiger partial charge in [0.2, 0.25) is 0 Å². The first-order valence-electron chi connectivity index (χ1n) is 5.81. The highest BCUT2D eigenvalue weighted by Crippen LogP contribution is 2.24. The molecule has 1 amide bonds. The van der Waals surface area contributed by atoms with Crippen molar-refractivity contribution in [3.05, 3.63) is 27.1 Å². The van der Waals surface area contributed by atoms with Gasteiger partial charge < -0.3 is 10.2 Å². The Labute approximate surface area is 121 Å². The largest absolute Gasteiger partial charge is 0.337 e. The van der Waals surface area contributed by atoms with E-state index in [4.69, 9.17) is 0 Å². The molecule has 1 aliphatic heterocycles. The first-order valence-corrected chi connectivity index (χ1v) is 6.69. The standard InChI is InChI=1S/C11H15N3O3S.ClH/c1-12-9-3-2-4-13(6-9)11(15)8-5-10(14(16)17)18-7-8;/h5,7,9,12H,2-4,6H2,1H3;1H. The van der Waals surface area contributed by atoms with Crippen molar-refractivity contribution in [3.63, 3.8) is 0 Å². The number of thiophene rings is 1. The van der Waals surface area contributed by atoms with Gasteiger partial charge in [0.25, 0.3) is 5.91 Å². The monoisotopic (exact) mass is 305 g/mol. The van der Waals surface area contributed by atoms with Crippen LogP contribution in [-0.4, -0.2) is 41.9 Å². The van der Waals surface area contributed by atoms with E-state index in [1.807, 2.05) is 7.05 Å². The van der Waals surface area contributed by atoms with Crippen molar-refractivity contribution in [2.45, 2.75) is 18.9 Å². The van der Waals surface area contributed by atoms with Crippen molar-refractivity contribution >= 4 is 34.7 Å². The second kappa shape index (κ2) is 6.83. The quantitative estimate of drug-likeness (QED) is 0.683. The minimum Gasteiger partial charge on any atom is -0.337 e. The highest BCUT2D eigenvalue weighted by atomic mass is 35.5. The number of halogens is 1. The summed E-state index contributed by atoms with van der Waals surface area (Å²) in [5.41, 5.74) is 0.420. The Morgan fingerprint density at radius 2 is 2.37 bits per heavy atom. The van der Waals surface area contributed by atoms with Crippen LogP contribution < -0.4 is 5.32 Å². The Hall–Kier alpha value is -1.18. The predicted octanol–water partition coefficient (Wildman–Crippen LogP) is 1.90. The molecule has 1 aliphatic rings. The number of nitrogens with one attached hydrogen (secondary N) is 1. The van der Waals surface area contributed by atoms with Crippen LogP contribution in [-0.2, 0) is 0 Å². The summed E-state index contributed by atoms with van der Waals surface area (Å²) in [5, 5.41) is 15.3. The first kappa shape index (κ1) is 15.9. The molecule has 1 aromatic heterocycles. The van der Waals surface area contributed by atoms with Gasteiger partial charge in [-0.15, -0.1) is 12.4 Å². The minimum atomic E-state index is -0.464. The third-order valence-corrected chi connectivity index (χ3v) is 4.01. The molecule has 1 unspecified atom stereocenters. The normalized spacial score (nSPS) is 18.8. The number of likely N-dealkylation sites (tertiary alicyclic amines) is 1. The van der Waals surface area contributed by atoms with Crippen molar-refractivity contribution < 1.29 is 9.72 Å². The van der Waals surface area contributed by atoms with E-state index in [0.717, 1.165) is 30.7 Å². The maximum Gasteiger partial charge on any atom is 0.324 e. The van der Waals surface area contributed by atoms with E-state index in [1.54, 1.807) is 10.3 Å². The number of likely N-dealkylation sites (N-methyl/N-ethyl adjacent to an activating group) is 1. The Morgan fingerprint density at radius 1 is 1.63 bits per heavy atom. The maximum absolute atomic E-state index is 12.2. The van der Waals surface area contributed by atoms with Crippen LogP contribution in [0.15, 0.2) is 11.4 Å². The van der Waals surface area contributed by atoms with E-state index in [0.29, 0.717) is 18.2 Å². The average Bonchev–Trinajstić information content (AvgIpc) is 2.87. The van der Waals surface area contributed by atoms with Gasteiger partial charge in [0.05, 0.1) is 10.5 Å². The number of carbonyl (C=O) groups excluding carboxylic acids is 1. The molecule has 0 saturated carbocycles. The topological polar surface area (TPSA) is 75.5 Å². The van der Waals surface area contributed by atoms with E-state index in [1.165, 1.54) is 6.07 Å². The van der Waals surface area contributed by atoms with Gasteiger partial charge in [-0.05, 0) is 19.9 Å². The highest BCUT2D eigenvalue weighted by molar-refractivity contribution is 7.13. The summed E-state index contributed by atoms with van der Waals surface area (Å²) in [5.74, 6) is -0.112. The van der Waals surface area contributed by atoms with E-state index in [9.17, 15) is 14.9 Å². The zero-order valence-corrected chi connectivity index (χ0v) is 12.1. The maximum atomic E-state index is 12.2. The van der Waals surface area contributed by atoms with Gasteiger partial charge >= 0.3 is 5.00 Å². The van der Waals surface area contributed by atoms with Crippen LogP contribution in [0.5, 0.6) is 0 Å². The summed E-state index contributed by atoms with van der Waals surface area (Å²) in [7, 11) is 1.88. The molecule has 106 valence electrons. The number of rotatable bonds is 3. The summed E-state index contributed by atoms with van der Waals surface area (Å²) >= 11 is 0.994. The van der Waals surface area contributed by atoms with Crippen LogP contribution in [0.4, 0.5) is 5.00 Å². The molecule has 1 aromatic rings. The molecule has 1 fully saturated rings. The Morgan fingerprint density at radius 3 is 2.95 bits per heavy atom. The molecule has 0 aromatic carbocycles. The molecule has 19 heavy (non-hydrogen) atoms. The fourth-order valence-electron chi connectivity index (χ4n) is 2.11. The fourth-order valence-corrected chi connectivity index (χ4v) is 2.81. The molecular weight excluding hydrogens is 290 g/mol. The van der Waals surface area contributed by atoms with E-state index in [2.05, 4.69) is 5.32 Å². The molecule has 1 N–H and O–H groups in total. The Kier molecular flexibility index (Phi) is 5.71. The number of hydrogen-bond acceptors (Lipinski definition) is 5. The van der Waals surface area contributed by atoms with Gasteiger partial charge in [0, 0.05) is 30.6 Å². The molecule has 0 spiro atoms. The lowest BCUT2D eigenvalue weighted by Gasteiger charge is -2.32. The van der Waals surface area contributed by atoms with Crippen LogP contribution in [0.2, 0.25) is 0 Å². The van der Waals surface area contributed by atoms with Crippen LogP contribution in [0.1, 0.15) is 23.2 Å². The molecule has 0 aliphatic carbocycles. The molecule has 8 heteroatoms. The lowest BCUT2D eigenvalue weighted by molar-refractivity contribution is -0.380. The number of hydrogen-bond donors (Lipinski definition) is 1. The van der Waals surface area contributed by atoms with E-state index in [-0.39, 0.29) is 23.3 Å². The molecule has 0 bridgehead atoms. The van der Waals surface area contributed by atoms with Crippen LogP contribution >= 0.6 is 23.7 Å². The smallest absolute Gasteiger partial charge is 0.324 e. The summed E-state index contributed by atoms with van der Waals surface area (Å²) in [6.07, 6.45) is 2.02. The van der Waals surface area contributed by atoms with Gasteiger partial charge in [-0.3, -0.25) is 14.9 Å². The van der Waals surface area contributed by atoms with Gasteiger partial charge in [-0.1, -0.05) is 11.3 Å². The Bertz CT molecular complexity index is 466. The predicted molar refractivity (Wildman–Crippen MR) is 76.2 cm³/mol. The average molecular weight is 306 g/mol. The second-order valence-corrected chi connectivity index (χ2v) is 5.20. The third-order valence-electron chi connectivity index (χ3n) is 3.13. The molecule has 2 rings (SSSR count). The molecular formula is C11H16ClN3O3S. The van der Waals surface area contributed by atoms with E-state index >= 15 is 0 Å². The van der Waals surface area contributed by atoms with Crippen LogP contribution in [0.25, 0.3) is 0 Å². The summed E-state index contributed by atoms with van der Waals surface area (Å²) < 4.78 is 0. The van der Waals surface area contributed by atoms with Crippen molar-refractivity contribution in [1.29, 1.82) is 0 Å². The number of piperidine rings is 1. The van der Waals surface area contributed by atoms with Crippen molar-refractivity contribution in [2.75, 3.05) is 20.1 Å². The summed E-state index contributed by atoms with van der Waals surface area (Å²) in [6.45, 7) is 1.39. The lowest BCUT2D eigenvalue weighted by Crippen LogP contribution is -2.46. The zero-order chi connectivity index (χ0) is 13.1. The SMILES string of the molecule is CNC1CCCN(C(=O)c2csc([N+](=O)[O-])c2)C1.Cl. The number of nitro groups is 1. The van der Waals surface area contributed by atoms with Crippen molar-refractivity contribution in [2.24, 2.45) is 0 Å². The third kappa shape index (κ3) is 3.65. The molecule has 6 nitrogen and oxygen atoms in total. The summed E-state index contributed by atoms with van der Waals surface area (Å²) in [4.78, 5) is 24.1. The fraction of sp³-hybridized carbons (Fsp3) is 0.545. The van der Waals surface area contributed by atoms with Gasteiger partial charge in [0.15, 0.2) is 0 Å². The van der Waals surface area contributed by atoms with Gasteiger partial charge in [0.1, 0.15) is 0 Å². The number of nitrogens with zero attached hydrogens (tertiary/aromatic N) is 2. The highest BCUT2D eigenvalue weighted by Gasteiger charge is 2.25. The molecule has 0 radical (unpaired) electrons. The van der Waals surface area contributed by atoms with E-state index < -0.39 is 4.92 Å². The van der Waals surface area contributed by atoms with Crippen molar-refractivity contribution in [3.8, 4) is 0 Å².